The van der Waals surface area contributed by atoms with E-state index >= 15 is 0 Å². The summed E-state index contributed by atoms with van der Waals surface area (Å²) in [7, 11) is 3.29. The normalized spacial score (nSPS) is 14.4. The van der Waals surface area contributed by atoms with Gasteiger partial charge in [0, 0.05) is 25.5 Å². The van der Waals surface area contributed by atoms with Crippen molar-refractivity contribution in [1.82, 2.24) is 9.55 Å². The van der Waals surface area contributed by atoms with Crippen LogP contribution in [0.3, 0.4) is 0 Å². The van der Waals surface area contributed by atoms with E-state index in [2.05, 4.69) is 4.98 Å². The second-order valence-electron chi connectivity index (χ2n) is 6.47. The molecule has 1 aliphatic heterocycles. The number of hydrogen-bond donors (Lipinski definition) is 0. The van der Waals surface area contributed by atoms with E-state index in [0.29, 0.717) is 24.1 Å². The van der Waals surface area contributed by atoms with Gasteiger partial charge in [-0.15, -0.1) is 0 Å². The molecule has 1 atom stereocenters. The first-order chi connectivity index (χ1) is 12.5. The first-order valence-electron chi connectivity index (χ1n) is 8.72. The number of ether oxygens (including phenoxy) is 2. The third-order valence-corrected chi connectivity index (χ3v) is 5.01. The minimum Gasteiger partial charge on any atom is -0.497 e. The predicted molar refractivity (Wildman–Crippen MR) is 103 cm³/mol. The van der Waals surface area contributed by atoms with E-state index in [9.17, 15) is 4.79 Å². The lowest BCUT2D eigenvalue weighted by Gasteiger charge is -2.23. The zero-order valence-electron chi connectivity index (χ0n) is 15.6. The number of rotatable bonds is 6. The smallest absolute Gasteiger partial charge is 0.294 e. The van der Waals surface area contributed by atoms with Gasteiger partial charge in [-0.25, -0.2) is 4.98 Å². The van der Waals surface area contributed by atoms with Gasteiger partial charge in [0.05, 0.1) is 19.8 Å². The fraction of sp³-hybridized carbons (Fsp3) is 0.474. The molecule has 0 aliphatic carbocycles. The van der Waals surface area contributed by atoms with E-state index < -0.39 is 0 Å². The maximum Gasteiger partial charge on any atom is 0.294 e. The quantitative estimate of drug-likeness (QED) is 0.771. The van der Waals surface area contributed by atoms with E-state index in [0.717, 1.165) is 35.4 Å². The molecule has 6 nitrogen and oxygen atoms in total. The molecule has 0 N–H and O–H groups in total. The number of hydrogen-bond acceptors (Lipinski definition) is 5. The summed E-state index contributed by atoms with van der Waals surface area (Å²) in [5, 5.41) is 0.300. The Morgan fingerprint density at radius 2 is 2.12 bits per heavy atom. The highest BCUT2D eigenvalue weighted by Crippen LogP contribution is 2.38. The molecule has 140 valence electrons. The Hall–Kier alpha value is -2.05. The summed E-state index contributed by atoms with van der Waals surface area (Å²) < 4.78 is 12.3. The highest BCUT2D eigenvalue weighted by molar-refractivity contribution is 6.29. The van der Waals surface area contributed by atoms with Gasteiger partial charge in [-0.2, -0.15) is 0 Å². The number of fused-ring (bicyclic) bond motifs is 1. The van der Waals surface area contributed by atoms with Crippen LogP contribution in [0.4, 0.5) is 11.5 Å². The number of nitrogens with zero attached hydrogens (tertiary/aromatic N) is 3. The third-order valence-electron chi connectivity index (χ3n) is 4.83. The molecular weight excluding hydrogens is 354 g/mol. The van der Waals surface area contributed by atoms with E-state index in [-0.39, 0.29) is 11.6 Å². The Morgan fingerprint density at radius 3 is 2.77 bits per heavy atom. The molecule has 0 radical (unpaired) electrons. The largest absolute Gasteiger partial charge is 0.497 e. The summed E-state index contributed by atoms with van der Waals surface area (Å²) in [5.41, 5.74) is 3.07. The highest BCUT2D eigenvalue weighted by atomic mass is 35.5. The van der Waals surface area contributed by atoms with Gasteiger partial charge < -0.3 is 18.9 Å². The number of benzene rings is 1. The molecule has 0 amide bonds. The molecule has 26 heavy (non-hydrogen) atoms. The predicted octanol–water partition coefficient (Wildman–Crippen LogP) is 3.51. The van der Waals surface area contributed by atoms with Crippen molar-refractivity contribution in [2.75, 3.05) is 32.3 Å². The first kappa shape index (κ1) is 18.7. The number of aromatic nitrogens is 2. The molecule has 2 aromatic rings. The van der Waals surface area contributed by atoms with Crippen molar-refractivity contribution in [3.8, 4) is 5.75 Å². The van der Waals surface area contributed by atoms with Gasteiger partial charge >= 0.3 is 0 Å². The molecule has 7 heteroatoms. The summed E-state index contributed by atoms with van der Waals surface area (Å²) in [4.78, 5) is 19.5. The zero-order chi connectivity index (χ0) is 18.8. The summed E-state index contributed by atoms with van der Waals surface area (Å²) in [5.74, 6) is 1.18. The average Bonchev–Trinajstić information content (AvgIpc) is 3.05. The van der Waals surface area contributed by atoms with Gasteiger partial charge in [-0.3, -0.25) is 4.79 Å². The molecule has 0 bridgehead atoms. The van der Waals surface area contributed by atoms with Crippen LogP contribution in [0, 0.1) is 6.92 Å². The molecule has 0 spiro atoms. The van der Waals surface area contributed by atoms with Crippen molar-refractivity contribution >= 4 is 23.1 Å². The van der Waals surface area contributed by atoms with Gasteiger partial charge in [-0.1, -0.05) is 18.5 Å². The van der Waals surface area contributed by atoms with Gasteiger partial charge in [-0.05, 0) is 43.0 Å². The minimum atomic E-state index is -0.152. The third kappa shape index (κ3) is 3.31. The van der Waals surface area contributed by atoms with Crippen LogP contribution in [0.25, 0.3) is 0 Å². The van der Waals surface area contributed by atoms with Crippen LogP contribution >= 0.6 is 11.6 Å². The maximum absolute atomic E-state index is 13.1. The van der Waals surface area contributed by atoms with Crippen molar-refractivity contribution in [2.45, 2.75) is 32.7 Å². The number of methoxy groups -OCH3 is 2. The Morgan fingerprint density at radius 1 is 1.35 bits per heavy atom. The maximum atomic E-state index is 13.1. The minimum absolute atomic E-state index is 0.0780. The number of halogens is 1. The molecule has 3 rings (SSSR count). The van der Waals surface area contributed by atoms with E-state index in [1.807, 2.05) is 30.9 Å². The lowest BCUT2D eigenvalue weighted by Crippen LogP contribution is -2.33. The second-order valence-corrected chi connectivity index (χ2v) is 6.86. The van der Waals surface area contributed by atoms with Crippen LogP contribution in [0.1, 0.15) is 30.5 Å². The summed E-state index contributed by atoms with van der Waals surface area (Å²) >= 11 is 6.26. The molecule has 2 heterocycles. The highest BCUT2D eigenvalue weighted by Gasteiger charge is 2.28. The van der Waals surface area contributed by atoms with Crippen molar-refractivity contribution in [1.29, 1.82) is 0 Å². The first-order valence-corrected chi connectivity index (χ1v) is 9.10. The van der Waals surface area contributed by atoms with Crippen molar-refractivity contribution in [3.05, 3.63) is 45.0 Å². The molecule has 0 unspecified atom stereocenters. The SMILES string of the molecule is CC[C@H](COC)n1cc(Cl)nc(N2CCc3cc(OC)cc(C)c32)c1=O. The van der Waals surface area contributed by atoms with Crippen LogP contribution in [-0.4, -0.2) is 36.9 Å². The zero-order valence-corrected chi connectivity index (χ0v) is 16.3. The van der Waals surface area contributed by atoms with Crippen LogP contribution in [0.5, 0.6) is 5.75 Å². The fourth-order valence-electron chi connectivity index (χ4n) is 3.57. The number of anilines is 2. The molecular formula is C19H24ClN3O3. The van der Waals surface area contributed by atoms with Crippen LogP contribution in [0.15, 0.2) is 23.1 Å². The Kier molecular flexibility index (Phi) is 5.53. The molecule has 0 saturated heterocycles. The van der Waals surface area contributed by atoms with E-state index in [1.165, 1.54) is 0 Å². The van der Waals surface area contributed by atoms with Gasteiger partial charge in [0.1, 0.15) is 10.9 Å². The Labute approximate surface area is 158 Å². The summed E-state index contributed by atoms with van der Waals surface area (Å²) in [6.45, 7) is 5.17. The lowest BCUT2D eigenvalue weighted by atomic mass is 10.1. The summed E-state index contributed by atoms with van der Waals surface area (Å²) in [6.07, 6.45) is 3.19. The average molecular weight is 378 g/mol. The second kappa shape index (κ2) is 7.68. The standard InChI is InChI=1S/C19H24ClN3O3/c1-5-14(11-25-3)23-10-16(20)21-18(19(23)24)22-7-6-13-9-15(26-4)8-12(2)17(13)22/h8-10,14H,5-7,11H2,1-4H3/t14-/m1/s1. The molecule has 1 aromatic carbocycles. The van der Waals surface area contributed by atoms with E-state index in [1.54, 1.807) is 25.0 Å². The molecule has 1 aliphatic rings. The Bertz CT molecular complexity index is 866. The van der Waals surface area contributed by atoms with Crippen LogP contribution in [-0.2, 0) is 11.2 Å². The van der Waals surface area contributed by atoms with Crippen molar-refractivity contribution in [3.63, 3.8) is 0 Å². The van der Waals surface area contributed by atoms with Crippen molar-refractivity contribution < 1.29 is 9.47 Å². The van der Waals surface area contributed by atoms with E-state index in [4.69, 9.17) is 21.1 Å². The van der Waals surface area contributed by atoms with Crippen LogP contribution in [0.2, 0.25) is 5.15 Å². The fourth-order valence-corrected chi connectivity index (χ4v) is 3.75. The molecule has 0 fully saturated rings. The molecule has 1 aromatic heterocycles. The van der Waals surface area contributed by atoms with Gasteiger partial charge in [0.15, 0.2) is 0 Å². The lowest BCUT2D eigenvalue weighted by molar-refractivity contribution is 0.151. The monoisotopic (exact) mass is 377 g/mol. The van der Waals surface area contributed by atoms with Gasteiger partial charge in [0.2, 0.25) is 5.82 Å². The molecule has 0 saturated carbocycles. The van der Waals surface area contributed by atoms with Gasteiger partial charge in [0.25, 0.3) is 5.56 Å². The summed E-state index contributed by atoms with van der Waals surface area (Å²) in [6, 6.07) is 3.91. The Balaban J connectivity index is 2.10. The van der Waals surface area contributed by atoms with Crippen molar-refractivity contribution in [2.24, 2.45) is 0 Å². The topological polar surface area (TPSA) is 56.6 Å². The van der Waals surface area contributed by atoms with Crippen LogP contribution < -0.4 is 15.2 Å². The number of aryl methyl sites for hydroxylation is 1.